The molecule has 208 valence electrons. The highest BCUT2D eigenvalue weighted by Crippen LogP contribution is 2.32. The van der Waals surface area contributed by atoms with Gasteiger partial charge in [0.2, 0.25) is 11.8 Å². The van der Waals surface area contributed by atoms with Crippen molar-refractivity contribution in [1.82, 2.24) is 10.2 Å². The first-order valence-corrected chi connectivity index (χ1v) is 14.4. The van der Waals surface area contributed by atoms with Crippen molar-refractivity contribution in [3.8, 4) is 11.5 Å². The SMILES string of the molecule is CNC(=O)[C@@H](C)N(Cc1cccc(Br)c1)C(=O)CN(c1ccc(Cl)cc1)S(=O)(=O)c1ccc(OC)c(OC)c1. The number of sulfonamides is 1. The Morgan fingerprint density at radius 1 is 1.00 bits per heavy atom. The first kappa shape index (κ1) is 30.3. The smallest absolute Gasteiger partial charge is 0.264 e. The van der Waals surface area contributed by atoms with E-state index in [0.717, 1.165) is 14.3 Å². The molecule has 0 radical (unpaired) electrons. The van der Waals surface area contributed by atoms with Crippen LogP contribution in [0.4, 0.5) is 5.69 Å². The number of rotatable bonds is 11. The summed E-state index contributed by atoms with van der Waals surface area (Å²) in [6.45, 7) is 1.09. The van der Waals surface area contributed by atoms with Gasteiger partial charge in [-0.05, 0) is 61.0 Å². The predicted octanol–water partition coefficient (Wildman–Crippen LogP) is 4.48. The minimum atomic E-state index is -4.29. The number of nitrogens with zero attached hydrogens (tertiary/aromatic N) is 2. The molecule has 0 saturated carbocycles. The number of carbonyl (C=O) groups excluding carboxylic acids is 2. The Hall–Kier alpha value is -3.28. The van der Waals surface area contributed by atoms with Gasteiger partial charge in [-0.3, -0.25) is 13.9 Å². The van der Waals surface area contributed by atoms with E-state index in [1.165, 1.54) is 68.6 Å². The van der Waals surface area contributed by atoms with Gasteiger partial charge in [0, 0.05) is 29.2 Å². The number of hydrogen-bond acceptors (Lipinski definition) is 6. The largest absolute Gasteiger partial charge is 0.493 e. The minimum absolute atomic E-state index is 0.0811. The third kappa shape index (κ3) is 7.23. The maximum Gasteiger partial charge on any atom is 0.264 e. The van der Waals surface area contributed by atoms with Crippen molar-refractivity contribution in [3.05, 3.63) is 81.8 Å². The van der Waals surface area contributed by atoms with Gasteiger partial charge in [-0.25, -0.2) is 8.42 Å². The van der Waals surface area contributed by atoms with E-state index in [-0.39, 0.29) is 28.8 Å². The average molecular weight is 639 g/mol. The zero-order valence-electron chi connectivity index (χ0n) is 21.9. The standard InChI is InChI=1S/C27H29BrClN3O6S/c1-18(27(34)30-2)31(16-19-6-5-7-20(28)14-19)26(33)17-32(22-10-8-21(29)9-11-22)39(35,36)23-12-13-24(37-3)25(15-23)38-4/h5-15,18H,16-17H2,1-4H3,(H,30,34)/t18-/m1/s1. The number of carbonyl (C=O) groups is 2. The number of methoxy groups -OCH3 is 2. The van der Waals surface area contributed by atoms with E-state index in [1.807, 2.05) is 24.3 Å². The number of halogens is 2. The molecule has 0 aliphatic rings. The molecule has 1 N–H and O–H groups in total. The highest BCUT2D eigenvalue weighted by molar-refractivity contribution is 9.10. The molecule has 12 heteroatoms. The van der Waals surface area contributed by atoms with Crippen LogP contribution in [0.3, 0.4) is 0 Å². The lowest BCUT2D eigenvalue weighted by atomic mass is 10.1. The van der Waals surface area contributed by atoms with Crippen LogP contribution >= 0.6 is 27.5 Å². The Balaban J connectivity index is 2.07. The minimum Gasteiger partial charge on any atom is -0.493 e. The molecule has 0 heterocycles. The van der Waals surface area contributed by atoms with E-state index < -0.39 is 28.5 Å². The number of ether oxygens (including phenoxy) is 2. The van der Waals surface area contributed by atoms with E-state index in [9.17, 15) is 18.0 Å². The number of benzene rings is 3. The highest BCUT2D eigenvalue weighted by Gasteiger charge is 2.33. The van der Waals surface area contributed by atoms with Gasteiger partial charge < -0.3 is 19.7 Å². The Bertz CT molecular complexity index is 1440. The van der Waals surface area contributed by atoms with Gasteiger partial charge in [0.05, 0.1) is 24.8 Å². The van der Waals surface area contributed by atoms with E-state index in [1.54, 1.807) is 6.92 Å². The fourth-order valence-corrected chi connectivity index (χ4v) is 5.87. The molecule has 0 saturated heterocycles. The number of nitrogens with one attached hydrogen (secondary N) is 1. The van der Waals surface area contributed by atoms with Crippen LogP contribution in [-0.4, -0.2) is 59.0 Å². The van der Waals surface area contributed by atoms with Gasteiger partial charge >= 0.3 is 0 Å². The summed E-state index contributed by atoms with van der Waals surface area (Å²) in [7, 11) is 0.0295. The molecule has 0 spiro atoms. The lowest BCUT2D eigenvalue weighted by Gasteiger charge is -2.32. The average Bonchev–Trinajstić information content (AvgIpc) is 2.93. The first-order chi connectivity index (χ1) is 18.5. The van der Waals surface area contributed by atoms with Crippen LogP contribution in [0.25, 0.3) is 0 Å². The first-order valence-electron chi connectivity index (χ1n) is 11.8. The van der Waals surface area contributed by atoms with Crippen LogP contribution in [0, 0.1) is 0 Å². The van der Waals surface area contributed by atoms with Gasteiger partial charge in [0.25, 0.3) is 10.0 Å². The quantitative estimate of drug-likeness (QED) is 0.332. The van der Waals surface area contributed by atoms with Gasteiger partial charge in [0.15, 0.2) is 11.5 Å². The summed E-state index contributed by atoms with van der Waals surface area (Å²) < 4.78 is 40.2. The van der Waals surface area contributed by atoms with Crippen molar-refractivity contribution in [2.45, 2.75) is 24.4 Å². The molecule has 0 aliphatic carbocycles. The summed E-state index contributed by atoms with van der Waals surface area (Å²) in [6.07, 6.45) is 0. The lowest BCUT2D eigenvalue weighted by molar-refractivity contribution is -0.139. The topological polar surface area (TPSA) is 105 Å². The summed E-state index contributed by atoms with van der Waals surface area (Å²) in [5, 5.41) is 2.95. The third-order valence-corrected chi connectivity index (χ3v) is 8.51. The Morgan fingerprint density at radius 3 is 2.26 bits per heavy atom. The molecule has 2 amide bonds. The number of anilines is 1. The molecular formula is C27H29BrClN3O6S. The number of likely N-dealkylation sites (N-methyl/N-ethyl adjacent to an activating group) is 1. The third-order valence-electron chi connectivity index (χ3n) is 5.99. The summed E-state index contributed by atoms with van der Waals surface area (Å²) in [5.74, 6) is -0.403. The molecule has 9 nitrogen and oxygen atoms in total. The molecule has 0 unspecified atom stereocenters. The zero-order valence-corrected chi connectivity index (χ0v) is 25.0. The highest BCUT2D eigenvalue weighted by atomic mass is 79.9. The van der Waals surface area contributed by atoms with Gasteiger partial charge in [-0.1, -0.05) is 39.7 Å². The van der Waals surface area contributed by atoms with E-state index in [4.69, 9.17) is 21.1 Å². The molecule has 3 rings (SSSR count). The van der Waals surface area contributed by atoms with Gasteiger partial charge in [-0.15, -0.1) is 0 Å². The van der Waals surface area contributed by atoms with Crippen molar-refractivity contribution in [1.29, 1.82) is 0 Å². The molecule has 1 atom stereocenters. The van der Waals surface area contributed by atoms with Crippen LogP contribution in [0.1, 0.15) is 12.5 Å². The molecule has 3 aromatic rings. The summed E-state index contributed by atoms with van der Waals surface area (Å²) in [5.41, 5.74) is 0.979. The van der Waals surface area contributed by atoms with E-state index in [0.29, 0.717) is 10.8 Å². The molecular weight excluding hydrogens is 610 g/mol. The van der Waals surface area contributed by atoms with Crippen molar-refractivity contribution in [3.63, 3.8) is 0 Å². The summed E-state index contributed by atoms with van der Waals surface area (Å²) in [6, 6.07) is 16.7. The fourth-order valence-electron chi connectivity index (χ4n) is 3.86. The van der Waals surface area contributed by atoms with Crippen LogP contribution in [0.5, 0.6) is 11.5 Å². The predicted molar refractivity (Wildman–Crippen MR) is 154 cm³/mol. The second kappa shape index (κ2) is 13.2. The van der Waals surface area contributed by atoms with E-state index >= 15 is 0 Å². The van der Waals surface area contributed by atoms with Crippen molar-refractivity contribution in [2.24, 2.45) is 0 Å². The van der Waals surface area contributed by atoms with Crippen LogP contribution in [0.15, 0.2) is 76.1 Å². The molecule has 0 fully saturated rings. The second-order valence-corrected chi connectivity index (χ2v) is 11.7. The molecule has 0 aromatic heterocycles. The zero-order chi connectivity index (χ0) is 28.7. The monoisotopic (exact) mass is 637 g/mol. The van der Waals surface area contributed by atoms with Gasteiger partial charge in [-0.2, -0.15) is 0 Å². The van der Waals surface area contributed by atoms with Crippen molar-refractivity contribution >= 4 is 55.1 Å². The molecule has 3 aromatic carbocycles. The van der Waals surface area contributed by atoms with Crippen LogP contribution in [0.2, 0.25) is 5.02 Å². The van der Waals surface area contributed by atoms with Crippen LogP contribution < -0.4 is 19.1 Å². The normalized spacial score (nSPS) is 11.8. The Morgan fingerprint density at radius 2 is 1.67 bits per heavy atom. The van der Waals surface area contributed by atoms with Crippen molar-refractivity contribution in [2.75, 3.05) is 32.1 Å². The van der Waals surface area contributed by atoms with E-state index in [2.05, 4.69) is 21.2 Å². The summed E-state index contributed by atoms with van der Waals surface area (Å²) >= 11 is 9.47. The molecule has 39 heavy (non-hydrogen) atoms. The number of hydrogen-bond donors (Lipinski definition) is 1. The van der Waals surface area contributed by atoms with Crippen LogP contribution in [-0.2, 0) is 26.2 Å². The Labute approximate surface area is 241 Å². The lowest BCUT2D eigenvalue weighted by Crippen LogP contribution is -2.50. The summed E-state index contributed by atoms with van der Waals surface area (Å²) in [4.78, 5) is 27.6. The Kier molecular flexibility index (Phi) is 10.2. The van der Waals surface area contributed by atoms with Crippen molar-refractivity contribution < 1.29 is 27.5 Å². The second-order valence-electron chi connectivity index (χ2n) is 8.45. The number of amides is 2. The molecule has 0 aliphatic heterocycles. The fraction of sp³-hybridized carbons (Fsp3) is 0.259. The maximum atomic E-state index is 13.9. The molecule has 0 bridgehead atoms. The maximum absolute atomic E-state index is 13.9. The van der Waals surface area contributed by atoms with Gasteiger partial charge in [0.1, 0.15) is 12.6 Å².